The van der Waals surface area contributed by atoms with Crippen molar-refractivity contribution in [1.29, 1.82) is 5.26 Å². The van der Waals surface area contributed by atoms with Crippen LogP contribution in [0.15, 0.2) is 91.0 Å². The molecule has 0 bridgehead atoms. The van der Waals surface area contributed by atoms with Crippen LogP contribution in [0.2, 0.25) is 0 Å². The standard InChI is InChI=1S/C25H22N2O4/c26-17-10-18-27(22-15-8-3-9-16-22)23(28)19-31-24(29)25(30,20-11-4-1-5-12-20)21-13-6-2-7-14-21/h1-9,11-16,30H,10,18-19H2. The van der Waals surface area contributed by atoms with E-state index < -0.39 is 24.1 Å². The highest BCUT2D eigenvalue weighted by molar-refractivity contribution is 5.96. The van der Waals surface area contributed by atoms with Gasteiger partial charge >= 0.3 is 5.97 Å². The van der Waals surface area contributed by atoms with Gasteiger partial charge in [0.2, 0.25) is 5.60 Å². The van der Waals surface area contributed by atoms with Gasteiger partial charge in [0.05, 0.1) is 12.5 Å². The van der Waals surface area contributed by atoms with Gasteiger partial charge in [-0.05, 0) is 23.3 Å². The molecule has 0 heterocycles. The lowest BCUT2D eigenvalue weighted by atomic mass is 9.86. The number of hydrogen-bond acceptors (Lipinski definition) is 5. The van der Waals surface area contributed by atoms with Gasteiger partial charge in [0, 0.05) is 12.2 Å². The highest BCUT2D eigenvalue weighted by atomic mass is 16.6. The molecule has 31 heavy (non-hydrogen) atoms. The molecule has 0 atom stereocenters. The number of carbonyl (C=O) groups excluding carboxylic acids is 2. The van der Waals surface area contributed by atoms with Crippen molar-refractivity contribution >= 4 is 17.6 Å². The maximum atomic E-state index is 13.0. The number of amides is 1. The summed E-state index contributed by atoms with van der Waals surface area (Å²) in [5.74, 6) is -1.44. The van der Waals surface area contributed by atoms with Gasteiger partial charge in [0.1, 0.15) is 0 Å². The van der Waals surface area contributed by atoms with Crippen molar-refractivity contribution < 1.29 is 19.4 Å². The Bertz CT molecular complexity index is 1010. The van der Waals surface area contributed by atoms with E-state index in [1.807, 2.05) is 12.1 Å². The summed E-state index contributed by atoms with van der Waals surface area (Å²) in [7, 11) is 0. The van der Waals surface area contributed by atoms with Crippen LogP contribution in [0, 0.1) is 11.3 Å². The number of para-hydroxylation sites is 1. The van der Waals surface area contributed by atoms with E-state index in [4.69, 9.17) is 10.00 Å². The van der Waals surface area contributed by atoms with Crippen LogP contribution < -0.4 is 4.90 Å². The summed E-state index contributed by atoms with van der Waals surface area (Å²) < 4.78 is 5.30. The third kappa shape index (κ3) is 4.97. The summed E-state index contributed by atoms with van der Waals surface area (Å²) >= 11 is 0. The number of anilines is 1. The Morgan fingerprint density at radius 1 is 0.871 bits per heavy atom. The number of carbonyl (C=O) groups is 2. The predicted octanol–water partition coefficient (Wildman–Crippen LogP) is 3.41. The van der Waals surface area contributed by atoms with E-state index in [2.05, 4.69) is 0 Å². The second kappa shape index (κ2) is 10.2. The van der Waals surface area contributed by atoms with Crippen LogP contribution in [0.25, 0.3) is 0 Å². The van der Waals surface area contributed by atoms with Gasteiger partial charge in [-0.2, -0.15) is 5.26 Å². The van der Waals surface area contributed by atoms with Crippen LogP contribution >= 0.6 is 0 Å². The van der Waals surface area contributed by atoms with Crippen molar-refractivity contribution in [2.75, 3.05) is 18.1 Å². The first-order chi connectivity index (χ1) is 15.1. The van der Waals surface area contributed by atoms with E-state index in [1.165, 1.54) is 4.90 Å². The number of esters is 1. The number of nitriles is 1. The fraction of sp³-hybridized carbons (Fsp3) is 0.160. The molecule has 0 aromatic heterocycles. The SMILES string of the molecule is N#CCCN(C(=O)COC(=O)C(O)(c1ccccc1)c1ccccc1)c1ccccc1. The molecule has 0 saturated heterocycles. The molecule has 1 N–H and O–H groups in total. The second-order valence-electron chi connectivity index (χ2n) is 6.81. The quantitative estimate of drug-likeness (QED) is 0.571. The van der Waals surface area contributed by atoms with E-state index in [1.54, 1.807) is 84.9 Å². The summed E-state index contributed by atoms with van der Waals surface area (Å²) in [5, 5.41) is 20.3. The first-order valence-electron chi connectivity index (χ1n) is 9.80. The molecule has 3 rings (SSSR count). The Hall–Kier alpha value is -3.95. The zero-order valence-corrected chi connectivity index (χ0v) is 16.8. The van der Waals surface area contributed by atoms with Crippen LogP contribution in [0.3, 0.4) is 0 Å². The second-order valence-corrected chi connectivity index (χ2v) is 6.81. The molecule has 156 valence electrons. The number of aliphatic hydroxyl groups is 1. The zero-order valence-electron chi connectivity index (χ0n) is 16.8. The molecule has 0 aliphatic rings. The molecular weight excluding hydrogens is 392 g/mol. The molecule has 0 saturated carbocycles. The molecular formula is C25H22N2O4. The van der Waals surface area contributed by atoms with Gasteiger partial charge in [0.15, 0.2) is 6.61 Å². The minimum absolute atomic E-state index is 0.131. The molecule has 1 amide bonds. The largest absolute Gasteiger partial charge is 0.453 e. The van der Waals surface area contributed by atoms with Crippen molar-refractivity contribution in [1.82, 2.24) is 0 Å². The third-order valence-electron chi connectivity index (χ3n) is 4.82. The molecule has 6 heteroatoms. The summed E-state index contributed by atoms with van der Waals surface area (Å²) in [5.41, 5.74) is -0.793. The first-order valence-corrected chi connectivity index (χ1v) is 9.80. The number of ether oxygens (including phenoxy) is 1. The number of rotatable bonds is 8. The minimum Gasteiger partial charge on any atom is -0.453 e. The minimum atomic E-state index is -2.06. The number of nitrogens with zero attached hydrogens (tertiary/aromatic N) is 2. The predicted molar refractivity (Wildman–Crippen MR) is 116 cm³/mol. The van der Waals surface area contributed by atoms with Gasteiger partial charge in [-0.15, -0.1) is 0 Å². The molecule has 0 unspecified atom stereocenters. The lowest BCUT2D eigenvalue weighted by Gasteiger charge is -2.28. The van der Waals surface area contributed by atoms with E-state index >= 15 is 0 Å². The molecule has 0 aliphatic heterocycles. The average molecular weight is 414 g/mol. The summed E-state index contributed by atoms with van der Waals surface area (Å²) in [4.78, 5) is 27.2. The molecule has 3 aromatic rings. The molecule has 0 aliphatic carbocycles. The maximum absolute atomic E-state index is 13.0. The van der Waals surface area contributed by atoms with E-state index in [9.17, 15) is 14.7 Å². The van der Waals surface area contributed by atoms with Crippen molar-refractivity contribution in [3.05, 3.63) is 102 Å². The Morgan fingerprint density at radius 3 is 1.84 bits per heavy atom. The highest BCUT2D eigenvalue weighted by Gasteiger charge is 2.42. The zero-order chi connectivity index (χ0) is 22.1. The molecule has 3 aromatic carbocycles. The topological polar surface area (TPSA) is 90.6 Å². The Kier molecular flexibility index (Phi) is 7.15. The van der Waals surface area contributed by atoms with Crippen LogP contribution in [0.5, 0.6) is 0 Å². The Balaban J connectivity index is 1.82. The van der Waals surface area contributed by atoms with Crippen molar-refractivity contribution in [3.63, 3.8) is 0 Å². The van der Waals surface area contributed by atoms with Crippen molar-refractivity contribution in [2.24, 2.45) is 0 Å². The van der Waals surface area contributed by atoms with E-state index in [-0.39, 0.29) is 13.0 Å². The van der Waals surface area contributed by atoms with Crippen molar-refractivity contribution in [3.8, 4) is 6.07 Å². The lowest BCUT2D eigenvalue weighted by molar-refractivity contribution is -0.164. The number of benzene rings is 3. The van der Waals surface area contributed by atoms with Gasteiger partial charge in [0.25, 0.3) is 5.91 Å². The molecule has 0 fully saturated rings. The van der Waals surface area contributed by atoms with Crippen LogP contribution in [-0.4, -0.2) is 30.1 Å². The maximum Gasteiger partial charge on any atom is 0.348 e. The van der Waals surface area contributed by atoms with Crippen LogP contribution in [0.4, 0.5) is 5.69 Å². The van der Waals surface area contributed by atoms with E-state index in [0.29, 0.717) is 16.8 Å². The Labute approximate surface area is 180 Å². The third-order valence-corrected chi connectivity index (χ3v) is 4.82. The van der Waals surface area contributed by atoms with Gasteiger partial charge in [-0.3, -0.25) is 4.79 Å². The smallest absolute Gasteiger partial charge is 0.348 e. The number of hydrogen-bond donors (Lipinski definition) is 1. The Morgan fingerprint density at radius 2 is 1.35 bits per heavy atom. The molecule has 0 spiro atoms. The average Bonchev–Trinajstić information content (AvgIpc) is 2.84. The normalized spacial score (nSPS) is 10.7. The molecule has 6 nitrogen and oxygen atoms in total. The van der Waals surface area contributed by atoms with E-state index in [0.717, 1.165) is 0 Å². The summed E-state index contributed by atoms with van der Waals surface area (Å²) in [6.45, 7) is -0.403. The summed E-state index contributed by atoms with van der Waals surface area (Å²) in [6.07, 6.45) is 0.131. The van der Waals surface area contributed by atoms with Gasteiger partial charge in [-0.25, -0.2) is 4.79 Å². The van der Waals surface area contributed by atoms with Gasteiger partial charge in [-0.1, -0.05) is 78.9 Å². The fourth-order valence-electron chi connectivity index (χ4n) is 3.24. The summed E-state index contributed by atoms with van der Waals surface area (Å²) in [6, 6.07) is 27.7. The first kappa shape index (κ1) is 21.8. The van der Waals surface area contributed by atoms with Gasteiger partial charge < -0.3 is 14.7 Å². The fourth-order valence-corrected chi connectivity index (χ4v) is 3.24. The van der Waals surface area contributed by atoms with Crippen LogP contribution in [-0.2, 0) is 19.9 Å². The molecule has 0 radical (unpaired) electrons. The highest BCUT2D eigenvalue weighted by Crippen LogP contribution is 2.31. The lowest BCUT2D eigenvalue weighted by Crippen LogP contribution is -2.41. The van der Waals surface area contributed by atoms with Crippen molar-refractivity contribution in [2.45, 2.75) is 12.0 Å². The monoisotopic (exact) mass is 414 g/mol. The van der Waals surface area contributed by atoms with Crippen LogP contribution in [0.1, 0.15) is 17.5 Å².